The minimum absolute atomic E-state index is 0.00614. The predicted molar refractivity (Wildman–Crippen MR) is 112 cm³/mol. The van der Waals surface area contributed by atoms with Crippen LogP contribution in [0.15, 0.2) is 18.2 Å². The monoisotopic (exact) mass is 423 g/mol. The van der Waals surface area contributed by atoms with Crippen LogP contribution in [-0.2, 0) is 9.53 Å². The summed E-state index contributed by atoms with van der Waals surface area (Å²) in [5.41, 5.74) is 1.05. The molecule has 1 N–H and O–H groups in total. The van der Waals surface area contributed by atoms with Gasteiger partial charge >= 0.3 is 0 Å². The molecule has 1 unspecified atom stereocenters. The average molecular weight is 424 g/mol. The summed E-state index contributed by atoms with van der Waals surface area (Å²) in [5.74, 6) is 2.10. The highest BCUT2D eigenvalue weighted by atomic mass is 32.2. The molecule has 3 rings (SSSR count). The van der Waals surface area contributed by atoms with Crippen LogP contribution in [0, 0.1) is 0 Å². The summed E-state index contributed by atoms with van der Waals surface area (Å²) >= 11 is 1.31. The van der Waals surface area contributed by atoms with Crippen LogP contribution >= 0.6 is 11.8 Å². The van der Waals surface area contributed by atoms with Gasteiger partial charge in [0, 0.05) is 44.9 Å². The third-order valence-electron chi connectivity index (χ3n) is 5.23. The molecule has 2 fully saturated rings. The van der Waals surface area contributed by atoms with E-state index >= 15 is 0 Å². The van der Waals surface area contributed by atoms with Crippen molar-refractivity contribution in [2.75, 3.05) is 65.9 Å². The molecular weight excluding hydrogens is 394 g/mol. The molecule has 2 amide bonds. The number of carbonyl (C=O) groups is 2. The Morgan fingerprint density at radius 3 is 2.62 bits per heavy atom. The number of rotatable bonds is 9. The number of hydrogen-bond donors (Lipinski definition) is 1. The molecule has 2 aliphatic rings. The lowest BCUT2D eigenvalue weighted by Crippen LogP contribution is -2.44. The topological polar surface area (TPSA) is 80.3 Å². The number of methoxy groups -OCH3 is 2. The maximum Gasteiger partial charge on any atom is 0.281 e. The second-order valence-corrected chi connectivity index (χ2v) is 7.98. The zero-order valence-corrected chi connectivity index (χ0v) is 17.8. The Bertz CT molecular complexity index is 711. The van der Waals surface area contributed by atoms with Gasteiger partial charge in [-0.3, -0.25) is 14.5 Å². The molecule has 0 aliphatic carbocycles. The maximum atomic E-state index is 12.4. The Morgan fingerprint density at radius 1 is 1.21 bits per heavy atom. The Labute approximate surface area is 175 Å². The number of amides is 2. The quantitative estimate of drug-likeness (QED) is 0.648. The molecule has 2 aliphatic heterocycles. The molecule has 9 heteroatoms. The van der Waals surface area contributed by atoms with Gasteiger partial charge in [-0.2, -0.15) is 0 Å². The van der Waals surface area contributed by atoms with Crippen LogP contribution in [0.25, 0.3) is 0 Å². The summed E-state index contributed by atoms with van der Waals surface area (Å²) in [6, 6.07) is 5.87. The highest BCUT2D eigenvalue weighted by molar-refractivity contribution is 8.13. The van der Waals surface area contributed by atoms with Crippen LogP contribution in [0.2, 0.25) is 0 Å². The molecule has 0 radical (unpaired) electrons. The Kier molecular flexibility index (Phi) is 8.02. The van der Waals surface area contributed by atoms with E-state index in [4.69, 9.17) is 14.2 Å². The molecular formula is C20H29N3O5S. The van der Waals surface area contributed by atoms with Gasteiger partial charge in [0.1, 0.15) is 0 Å². The van der Waals surface area contributed by atoms with Gasteiger partial charge < -0.3 is 24.4 Å². The zero-order valence-electron chi connectivity index (χ0n) is 17.0. The Hall–Kier alpha value is -1.97. The fraction of sp³-hybridized carbons (Fsp3) is 0.600. The van der Waals surface area contributed by atoms with Crippen molar-refractivity contribution in [2.45, 2.75) is 12.5 Å². The fourth-order valence-electron chi connectivity index (χ4n) is 3.57. The summed E-state index contributed by atoms with van der Waals surface area (Å²) in [7, 11) is 3.23. The van der Waals surface area contributed by atoms with Crippen LogP contribution in [0.3, 0.4) is 0 Å². The first-order valence-electron chi connectivity index (χ1n) is 9.84. The third-order valence-corrected chi connectivity index (χ3v) is 6.12. The van der Waals surface area contributed by atoms with Gasteiger partial charge in [0.15, 0.2) is 11.5 Å². The predicted octanol–water partition coefficient (Wildman–Crippen LogP) is 1.75. The summed E-state index contributed by atoms with van der Waals surface area (Å²) in [5, 5.41) is 3.11. The highest BCUT2D eigenvalue weighted by Gasteiger charge is 2.25. The SMILES string of the molecule is COc1ccc(C(CNC(=O)CCN2CCSC2=O)N2CCOCC2)cc1OC. The summed E-state index contributed by atoms with van der Waals surface area (Å²) in [6.45, 7) is 4.62. The van der Waals surface area contributed by atoms with Crippen LogP contribution in [0.4, 0.5) is 4.79 Å². The van der Waals surface area contributed by atoms with Crippen molar-refractivity contribution in [1.82, 2.24) is 15.1 Å². The van der Waals surface area contributed by atoms with Crippen molar-refractivity contribution in [3.63, 3.8) is 0 Å². The number of benzene rings is 1. The van der Waals surface area contributed by atoms with E-state index in [1.54, 1.807) is 19.1 Å². The first-order chi connectivity index (χ1) is 14.1. The van der Waals surface area contributed by atoms with Gasteiger partial charge in [0.2, 0.25) is 5.91 Å². The molecule has 8 nitrogen and oxygen atoms in total. The average Bonchev–Trinajstić information content (AvgIpc) is 3.17. The number of carbonyl (C=O) groups excluding carboxylic acids is 2. The van der Waals surface area contributed by atoms with Crippen molar-refractivity contribution >= 4 is 22.9 Å². The molecule has 160 valence electrons. The number of ether oxygens (including phenoxy) is 3. The Morgan fingerprint density at radius 2 is 1.97 bits per heavy atom. The molecule has 1 aromatic carbocycles. The van der Waals surface area contributed by atoms with Crippen molar-refractivity contribution in [1.29, 1.82) is 0 Å². The standard InChI is InChI=1S/C20H29N3O5S/c1-26-17-4-3-15(13-18(17)27-2)16(22-7-10-28-11-8-22)14-21-19(24)5-6-23-9-12-29-20(23)25/h3-4,13,16H,5-12,14H2,1-2H3,(H,21,24). The van der Waals surface area contributed by atoms with E-state index < -0.39 is 0 Å². The van der Waals surface area contributed by atoms with Gasteiger partial charge in [-0.15, -0.1) is 0 Å². The largest absolute Gasteiger partial charge is 0.493 e. The van der Waals surface area contributed by atoms with Gasteiger partial charge in [-0.1, -0.05) is 17.8 Å². The number of nitrogens with zero attached hydrogens (tertiary/aromatic N) is 2. The molecule has 0 spiro atoms. The van der Waals surface area contributed by atoms with E-state index in [0.29, 0.717) is 44.2 Å². The molecule has 2 heterocycles. The van der Waals surface area contributed by atoms with Crippen LogP contribution in [-0.4, -0.2) is 86.9 Å². The van der Waals surface area contributed by atoms with Crippen LogP contribution in [0.5, 0.6) is 11.5 Å². The molecule has 1 atom stereocenters. The van der Waals surface area contributed by atoms with E-state index in [1.807, 2.05) is 18.2 Å². The first kappa shape index (κ1) is 21.7. The first-order valence-corrected chi connectivity index (χ1v) is 10.8. The van der Waals surface area contributed by atoms with E-state index in [9.17, 15) is 9.59 Å². The number of hydrogen-bond acceptors (Lipinski definition) is 7. The lowest BCUT2D eigenvalue weighted by molar-refractivity contribution is -0.121. The van der Waals surface area contributed by atoms with E-state index in [0.717, 1.165) is 31.0 Å². The van der Waals surface area contributed by atoms with E-state index in [-0.39, 0.29) is 17.2 Å². The summed E-state index contributed by atoms with van der Waals surface area (Å²) in [4.78, 5) is 28.1. The second-order valence-electron chi connectivity index (χ2n) is 6.93. The third kappa shape index (κ3) is 5.77. The minimum Gasteiger partial charge on any atom is -0.493 e. The summed E-state index contributed by atoms with van der Waals surface area (Å²) in [6.07, 6.45) is 0.314. The van der Waals surface area contributed by atoms with Crippen molar-refractivity contribution in [3.8, 4) is 11.5 Å². The smallest absolute Gasteiger partial charge is 0.281 e. The highest BCUT2D eigenvalue weighted by Crippen LogP contribution is 2.32. The van der Waals surface area contributed by atoms with E-state index in [1.165, 1.54) is 11.8 Å². The number of morpholine rings is 1. The van der Waals surface area contributed by atoms with Gasteiger partial charge in [0.05, 0.1) is 33.5 Å². The zero-order chi connectivity index (χ0) is 20.6. The molecule has 0 saturated carbocycles. The normalized spacial score (nSPS) is 18.6. The number of nitrogens with one attached hydrogen (secondary N) is 1. The summed E-state index contributed by atoms with van der Waals surface area (Å²) < 4.78 is 16.3. The van der Waals surface area contributed by atoms with Crippen molar-refractivity contribution in [2.24, 2.45) is 0 Å². The molecule has 0 aromatic heterocycles. The van der Waals surface area contributed by atoms with Crippen molar-refractivity contribution < 1.29 is 23.8 Å². The van der Waals surface area contributed by atoms with Crippen molar-refractivity contribution in [3.05, 3.63) is 23.8 Å². The second kappa shape index (κ2) is 10.7. The van der Waals surface area contributed by atoms with Gasteiger partial charge in [0.25, 0.3) is 5.24 Å². The van der Waals surface area contributed by atoms with Crippen LogP contribution in [0.1, 0.15) is 18.0 Å². The number of thioether (sulfide) groups is 1. The lowest BCUT2D eigenvalue weighted by Gasteiger charge is -2.35. The molecule has 2 saturated heterocycles. The van der Waals surface area contributed by atoms with Crippen LogP contribution < -0.4 is 14.8 Å². The molecule has 1 aromatic rings. The molecule has 29 heavy (non-hydrogen) atoms. The van der Waals surface area contributed by atoms with Gasteiger partial charge in [-0.25, -0.2) is 0 Å². The minimum atomic E-state index is -0.0477. The van der Waals surface area contributed by atoms with E-state index in [2.05, 4.69) is 10.2 Å². The lowest BCUT2D eigenvalue weighted by atomic mass is 10.0. The Balaban J connectivity index is 1.64. The fourth-order valence-corrected chi connectivity index (χ4v) is 4.42. The van der Waals surface area contributed by atoms with Gasteiger partial charge in [-0.05, 0) is 17.7 Å². The molecule has 0 bridgehead atoms. The maximum absolute atomic E-state index is 12.4.